The Kier molecular flexibility index (Phi) is 4.44. The average molecular weight is 323 g/mol. The molecule has 0 aliphatic carbocycles. The number of benzene rings is 2. The highest BCUT2D eigenvalue weighted by Gasteiger charge is 2.13. The fraction of sp³-hybridized carbons (Fsp3) is 0. The number of hydrazine groups is 1. The highest BCUT2D eigenvalue weighted by molar-refractivity contribution is 7.13. The van der Waals surface area contributed by atoms with Crippen LogP contribution in [-0.4, -0.2) is 16.8 Å². The Labute approximate surface area is 137 Å². The molecule has 0 saturated heterocycles. The Morgan fingerprint density at radius 1 is 0.826 bits per heavy atom. The normalized spacial score (nSPS) is 10.1. The minimum atomic E-state index is -0.451. The summed E-state index contributed by atoms with van der Waals surface area (Å²) in [5, 5.41) is 2.41. The molecule has 1 aromatic heterocycles. The van der Waals surface area contributed by atoms with Crippen LogP contribution in [0, 0.1) is 0 Å². The van der Waals surface area contributed by atoms with Gasteiger partial charge in [0.1, 0.15) is 10.7 Å². The van der Waals surface area contributed by atoms with Crippen molar-refractivity contribution in [2.24, 2.45) is 0 Å². The Bertz CT molecular complexity index is 816. The summed E-state index contributed by atoms with van der Waals surface area (Å²) in [5.74, 6) is -0.829. The van der Waals surface area contributed by atoms with Crippen LogP contribution in [0.25, 0.3) is 10.6 Å². The quantitative estimate of drug-likeness (QED) is 0.728. The van der Waals surface area contributed by atoms with E-state index in [0.29, 0.717) is 5.56 Å². The summed E-state index contributed by atoms with van der Waals surface area (Å²) in [6, 6.07) is 18.3. The molecular weight excluding hydrogens is 310 g/mol. The minimum Gasteiger partial charge on any atom is -0.267 e. The van der Waals surface area contributed by atoms with Crippen molar-refractivity contribution in [2.75, 3.05) is 0 Å². The maximum Gasteiger partial charge on any atom is 0.289 e. The molecule has 3 aromatic rings. The van der Waals surface area contributed by atoms with Crippen LogP contribution >= 0.6 is 11.3 Å². The molecule has 0 saturated carbocycles. The first-order chi connectivity index (χ1) is 11.2. The second kappa shape index (κ2) is 6.85. The molecule has 0 spiro atoms. The van der Waals surface area contributed by atoms with Gasteiger partial charge in [-0.15, -0.1) is 11.3 Å². The lowest BCUT2D eigenvalue weighted by molar-refractivity contribution is 0.0844. The van der Waals surface area contributed by atoms with Crippen LogP contribution in [0.2, 0.25) is 0 Å². The van der Waals surface area contributed by atoms with Gasteiger partial charge < -0.3 is 0 Å². The zero-order valence-corrected chi connectivity index (χ0v) is 12.8. The van der Waals surface area contributed by atoms with Crippen molar-refractivity contribution in [3.63, 3.8) is 0 Å². The van der Waals surface area contributed by atoms with Crippen LogP contribution in [-0.2, 0) is 0 Å². The standard InChI is InChI=1S/C17H13N3O2S/c21-15(12-7-3-1-4-8-12)19-20-16(22)14-11-23-17(18-14)13-9-5-2-6-10-13/h1-11H,(H,19,21)(H,20,22). The van der Waals surface area contributed by atoms with Gasteiger partial charge in [-0.25, -0.2) is 4.98 Å². The summed E-state index contributed by atoms with van der Waals surface area (Å²) in [5.41, 5.74) is 6.42. The van der Waals surface area contributed by atoms with E-state index in [1.54, 1.807) is 29.6 Å². The van der Waals surface area contributed by atoms with Gasteiger partial charge in [-0.1, -0.05) is 48.5 Å². The third kappa shape index (κ3) is 3.61. The molecule has 2 aromatic carbocycles. The molecule has 6 heteroatoms. The predicted octanol–water partition coefficient (Wildman–Crippen LogP) is 2.88. The monoisotopic (exact) mass is 323 g/mol. The maximum absolute atomic E-state index is 12.0. The van der Waals surface area contributed by atoms with E-state index in [1.807, 2.05) is 36.4 Å². The van der Waals surface area contributed by atoms with Gasteiger partial charge in [0, 0.05) is 16.5 Å². The SMILES string of the molecule is O=C(NNC(=O)c1csc(-c2ccccc2)n1)c1ccccc1. The molecule has 0 aliphatic heterocycles. The molecule has 0 fully saturated rings. The van der Waals surface area contributed by atoms with Crippen molar-refractivity contribution in [1.82, 2.24) is 15.8 Å². The summed E-state index contributed by atoms with van der Waals surface area (Å²) in [6.07, 6.45) is 0. The van der Waals surface area contributed by atoms with Crippen LogP contribution in [0.15, 0.2) is 66.0 Å². The number of hydrogen-bond acceptors (Lipinski definition) is 4. The van der Waals surface area contributed by atoms with Gasteiger partial charge in [-0.05, 0) is 12.1 Å². The Morgan fingerprint density at radius 2 is 1.43 bits per heavy atom. The molecule has 114 valence electrons. The largest absolute Gasteiger partial charge is 0.289 e. The second-order valence-electron chi connectivity index (χ2n) is 4.68. The van der Waals surface area contributed by atoms with E-state index in [2.05, 4.69) is 15.8 Å². The van der Waals surface area contributed by atoms with E-state index >= 15 is 0 Å². The summed E-state index contributed by atoms with van der Waals surface area (Å²) in [7, 11) is 0. The summed E-state index contributed by atoms with van der Waals surface area (Å²) < 4.78 is 0. The number of carbonyl (C=O) groups is 2. The molecule has 2 amide bonds. The highest BCUT2D eigenvalue weighted by atomic mass is 32.1. The predicted molar refractivity (Wildman–Crippen MR) is 88.9 cm³/mol. The van der Waals surface area contributed by atoms with E-state index < -0.39 is 5.91 Å². The molecule has 3 rings (SSSR count). The van der Waals surface area contributed by atoms with Crippen molar-refractivity contribution < 1.29 is 9.59 Å². The van der Waals surface area contributed by atoms with Gasteiger partial charge in [0.25, 0.3) is 11.8 Å². The summed E-state index contributed by atoms with van der Waals surface area (Å²) in [6.45, 7) is 0. The molecule has 1 heterocycles. The van der Waals surface area contributed by atoms with Crippen molar-refractivity contribution in [2.45, 2.75) is 0 Å². The lowest BCUT2D eigenvalue weighted by atomic mass is 10.2. The first-order valence-electron chi connectivity index (χ1n) is 6.91. The van der Waals surface area contributed by atoms with Crippen molar-refractivity contribution in [3.8, 4) is 10.6 Å². The number of thiazole rings is 1. The van der Waals surface area contributed by atoms with Gasteiger partial charge in [-0.2, -0.15) is 0 Å². The molecule has 5 nitrogen and oxygen atoms in total. The smallest absolute Gasteiger partial charge is 0.267 e. The van der Waals surface area contributed by atoms with E-state index in [-0.39, 0.29) is 11.6 Å². The number of nitrogens with one attached hydrogen (secondary N) is 2. The van der Waals surface area contributed by atoms with Crippen LogP contribution in [0.4, 0.5) is 0 Å². The third-order valence-electron chi connectivity index (χ3n) is 3.08. The lowest BCUT2D eigenvalue weighted by Gasteiger charge is -2.05. The van der Waals surface area contributed by atoms with Gasteiger partial charge >= 0.3 is 0 Å². The lowest BCUT2D eigenvalue weighted by Crippen LogP contribution is -2.41. The van der Waals surface area contributed by atoms with E-state index in [4.69, 9.17) is 0 Å². The zero-order chi connectivity index (χ0) is 16.1. The average Bonchev–Trinajstić information content (AvgIpc) is 3.11. The number of amides is 2. The van der Waals surface area contributed by atoms with E-state index in [9.17, 15) is 9.59 Å². The van der Waals surface area contributed by atoms with Crippen molar-refractivity contribution in [1.29, 1.82) is 0 Å². The number of carbonyl (C=O) groups excluding carboxylic acids is 2. The molecule has 0 bridgehead atoms. The first-order valence-corrected chi connectivity index (χ1v) is 7.78. The van der Waals surface area contributed by atoms with Crippen LogP contribution < -0.4 is 10.9 Å². The summed E-state index contributed by atoms with van der Waals surface area (Å²) >= 11 is 1.38. The molecule has 0 radical (unpaired) electrons. The van der Waals surface area contributed by atoms with Gasteiger partial charge in [0.05, 0.1) is 0 Å². The number of hydrogen-bond donors (Lipinski definition) is 2. The van der Waals surface area contributed by atoms with Gasteiger partial charge in [0.15, 0.2) is 0 Å². The maximum atomic E-state index is 12.0. The van der Waals surface area contributed by atoms with Crippen LogP contribution in [0.3, 0.4) is 0 Å². The van der Waals surface area contributed by atoms with Crippen LogP contribution in [0.5, 0.6) is 0 Å². The van der Waals surface area contributed by atoms with E-state index in [0.717, 1.165) is 10.6 Å². The van der Waals surface area contributed by atoms with Crippen molar-refractivity contribution in [3.05, 3.63) is 77.3 Å². The Morgan fingerprint density at radius 3 is 2.13 bits per heavy atom. The molecule has 0 atom stereocenters. The topological polar surface area (TPSA) is 71.1 Å². The van der Waals surface area contributed by atoms with E-state index in [1.165, 1.54) is 11.3 Å². The number of aromatic nitrogens is 1. The second-order valence-corrected chi connectivity index (χ2v) is 5.54. The van der Waals surface area contributed by atoms with Crippen molar-refractivity contribution >= 4 is 23.2 Å². The minimum absolute atomic E-state index is 0.266. The number of nitrogens with zero attached hydrogens (tertiary/aromatic N) is 1. The molecule has 2 N–H and O–H groups in total. The van der Waals surface area contributed by atoms with Crippen LogP contribution in [0.1, 0.15) is 20.8 Å². The summed E-state index contributed by atoms with van der Waals surface area (Å²) in [4.78, 5) is 28.2. The zero-order valence-electron chi connectivity index (χ0n) is 12.0. The fourth-order valence-electron chi connectivity index (χ4n) is 1.93. The molecular formula is C17H13N3O2S. The Hall–Kier alpha value is -2.99. The number of rotatable bonds is 3. The molecule has 23 heavy (non-hydrogen) atoms. The van der Waals surface area contributed by atoms with Gasteiger partial charge in [0.2, 0.25) is 0 Å². The third-order valence-corrected chi connectivity index (χ3v) is 3.97. The molecule has 0 aliphatic rings. The highest BCUT2D eigenvalue weighted by Crippen LogP contribution is 2.23. The van der Waals surface area contributed by atoms with Gasteiger partial charge in [-0.3, -0.25) is 20.4 Å². The Balaban J connectivity index is 1.63. The fourth-order valence-corrected chi connectivity index (χ4v) is 2.74. The molecule has 0 unspecified atom stereocenters. The first kappa shape index (κ1) is 14.9.